The Bertz CT molecular complexity index is 331. The van der Waals surface area contributed by atoms with Crippen LogP contribution < -0.4 is 5.73 Å². The van der Waals surface area contributed by atoms with E-state index in [0.717, 1.165) is 18.7 Å². The topological polar surface area (TPSA) is 29.3 Å². The normalized spacial score (nSPS) is 22.1. The Morgan fingerprint density at radius 2 is 2.27 bits per heavy atom. The van der Waals surface area contributed by atoms with E-state index in [1.165, 1.54) is 18.9 Å². The van der Waals surface area contributed by atoms with Crippen LogP contribution in [0.3, 0.4) is 0 Å². The average molecular weight is 208 g/mol. The maximum absolute atomic E-state index is 13.1. The Hall–Kier alpha value is -1.09. The fraction of sp³-hybridized carbons (Fsp3) is 0.500. The summed E-state index contributed by atoms with van der Waals surface area (Å²) in [4.78, 5) is 2.37. The second-order valence-electron chi connectivity index (χ2n) is 4.35. The Kier molecular flexibility index (Phi) is 2.91. The van der Waals surface area contributed by atoms with Gasteiger partial charge in [-0.15, -0.1) is 0 Å². The monoisotopic (exact) mass is 208 g/mol. The molecule has 0 spiro atoms. The van der Waals surface area contributed by atoms with Crippen molar-refractivity contribution in [2.24, 2.45) is 0 Å². The van der Waals surface area contributed by atoms with Crippen molar-refractivity contribution in [3.63, 3.8) is 0 Å². The van der Waals surface area contributed by atoms with E-state index >= 15 is 0 Å². The maximum Gasteiger partial charge on any atom is 0.125 e. The van der Waals surface area contributed by atoms with Gasteiger partial charge in [0.25, 0.3) is 0 Å². The second kappa shape index (κ2) is 4.19. The summed E-state index contributed by atoms with van der Waals surface area (Å²) in [6.07, 6.45) is 2.48. The summed E-state index contributed by atoms with van der Waals surface area (Å²) in [5.74, 6) is -0.239. The number of nitrogen functional groups attached to an aromatic ring is 1. The quantitative estimate of drug-likeness (QED) is 0.756. The first kappa shape index (κ1) is 10.4. The van der Waals surface area contributed by atoms with Gasteiger partial charge in [0.1, 0.15) is 5.82 Å². The van der Waals surface area contributed by atoms with Gasteiger partial charge in [0, 0.05) is 18.3 Å². The van der Waals surface area contributed by atoms with E-state index in [9.17, 15) is 4.39 Å². The highest BCUT2D eigenvalue weighted by molar-refractivity contribution is 5.41. The van der Waals surface area contributed by atoms with Gasteiger partial charge in [-0.3, -0.25) is 4.90 Å². The van der Waals surface area contributed by atoms with Crippen LogP contribution in [-0.2, 0) is 6.54 Å². The van der Waals surface area contributed by atoms with E-state index in [2.05, 4.69) is 11.8 Å². The predicted molar refractivity (Wildman–Crippen MR) is 59.9 cm³/mol. The van der Waals surface area contributed by atoms with E-state index in [1.807, 2.05) is 6.07 Å². The third-order valence-electron chi connectivity index (χ3n) is 3.06. The van der Waals surface area contributed by atoms with E-state index in [4.69, 9.17) is 5.73 Å². The molecule has 1 atom stereocenters. The van der Waals surface area contributed by atoms with Gasteiger partial charge < -0.3 is 5.73 Å². The minimum absolute atomic E-state index is 0.239. The summed E-state index contributed by atoms with van der Waals surface area (Å²) in [7, 11) is 0. The maximum atomic E-state index is 13.1. The van der Waals surface area contributed by atoms with Gasteiger partial charge in [-0.05, 0) is 50.1 Å². The molecule has 82 valence electrons. The lowest BCUT2D eigenvalue weighted by atomic mass is 10.1. The number of nitrogens with zero attached hydrogens (tertiary/aromatic N) is 1. The number of nitrogens with two attached hydrogens (primary N) is 1. The van der Waals surface area contributed by atoms with Crippen molar-refractivity contribution in [3.05, 3.63) is 29.6 Å². The van der Waals surface area contributed by atoms with Gasteiger partial charge in [-0.25, -0.2) is 4.39 Å². The van der Waals surface area contributed by atoms with Crippen molar-refractivity contribution in [2.75, 3.05) is 12.3 Å². The SMILES string of the molecule is CC1CCCN1Cc1cc(N)cc(F)c1. The Labute approximate surface area is 89.9 Å². The second-order valence-corrected chi connectivity index (χ2v) is 4.35. The summed E-state index contributed by atoms with van der Waals surface area (Å²) < 4.78 is 13.1. The molecule has 1 fully saturated rings. The lowest BCUT2D eigenvalue weighted by Gasteiger charge is -2.21. The summed E-state index contributed by atoms with van der Waals surface area (Å²) in [5.41, 5.74) is 7.09. The third kappa shape index (κ3) is 2.48. The third-order valence-corrected chi connectivity index (χ3v) is 3.06. The first-order valence-electron chi connectivity index (χ1n) is 5.44. The molecule has 1 unspecified atom stereocenters. The van der Waals surface area contributed by atoms with Crippen molar-refractivity contribution in [2.45, 2.75) is 32.4 Å². The molecule has 1 aliphatic rings. The summed E-state index contributed by atoms with van der Waals surface area (Å²) in [6, 6.07) is 5.39. The first-order valence-corrected chi connectivity index (χ1v) is 5.44. The van der Waals surface area contributed by atoms with Crippen molar-refractivity contribution < 1.29 is 4.39 Å². The van der Waals surface area contributed by atoms with Crippen LogP contribution >= 0.6 is 0 Å². The zero-order chi connectivity index (χ0) is 10.8. The van der Waals surface area contributed by atoms with Gasteiger partial charge in [0.05, 0.1) is 0 Å². The van der Waals surface area contributed by atoms with Crippen LogP contribution in [0.15, 0.2) is 18.2 Å². The van der Waals surface area contributed by atoms with Gasteiger partial charge in [0.2, 0.25) is 0 Å². The molecule has 2 rings (SSSR count). The number of likely N-dealkylation sites (tertiary alicyclic amines) is 1. The molecule has 1 heterocycles. The number of halogens is 1. The van der Waals surface area contributed by atoms with Gasteiger partial charge >= 0.3 is 0 Å². The average Bonchev–Trinajstić information content (AvgIpc) is 2.50. The zero-order valence-electron chi connectivity index (χ0n) is 9.04. The number of rotatable bonds is 2. The number of benzene rings is 1. The molecule has 1 aromatic carbocycles. The molecule has 1 aliphatic heterocycles. The largest absolute Gasteiger partial charge is 0.399 e. The molecule has 0 saturated carbocycles. The molecule has 1 saturated heterocycles. The molecular weight excluding hydrogens is 191 g/mol. The summed E-state index contributed by atoms with van der Waals surface area (Å²) in [6.45, 7) is 4.14. The van der Waals surface area contributed by atoms with Crippen LogP contribution in [0.5, 0.6) is 0 Å². The predicted octanol–water partition coefficient (Wildman–Crippen LogP) is 2.39. The van der Waals surface area contributed by atoms with Crippen molar-refractivity contribution >= 4 is 5.69 Å². The van der Waals surface area contributed by atoms with Crippen molar-refractivity contribution in [1.29, 1.82) is 0 Å². The molecular formula is C12H17FN2. The zero-order valence-corrected chi connectivity index (χ0v) is 9.04. The van der Waals surface area contributed by atoms with E-state index in [1.54, 1.807) is 6.07 Å². The molecule has 15 heavy (non-hydrogen) atoms. The smallest absolute Gasteiger partial charge is 0.125 e. The summed E-state index contributed by atoms with van der Waals surface area (Å²) >= 11 is 0. The van der Waals surface area contributed by atoms with Gasteiger partial charge in [0.15, 0.2) is 0 Å². The van der Waals surface area contributed by atoms with Crippen LogP contribution in [0.2, 0.25) is 0 Å². The lowest BCUT2D eigenvalue weighted by molar-refractivity contribution is 0.260. The molecule has 2 nitrogen and oxygen atoms in total. The molecule has 0 radical (unpaired) electrons. The first-order chi connectivity index (χ1) is 7.15. The highest BCUT2D eigenvalue weighted by atomic mass is 19.1. The minimum atomic E-state index is -0.239. The number of anilines is 1. The molecule has 0 bridgehead atoms. The standard InChI is InChI=1S/C12H17FN2/c1-9-3-2-4-15(9)8-10-5-11(13)7-12(14)6-10/h5-7,9H,2-4,8,14H2,1H3. The Morgan fingerprint density at radius 3 is 2.87 bits per heavy atom. The molecule has 0 aromatic heterocycles. The highest BCUT2D eigenvalue weighted by Gasteiger charge is 2.20. The van der Waals surface area contributed by atoms with Crippen molar-refractivity contribution in [1.82, 2.24) is 4.90 Å². The lowest BCUT2D eigenvalue weighted by Crippen LogP contribution is -2.26. The van der Waals surface area contributed by atoms with Gasteiger partial charge in [-0.1, -0.05) is 0 Å². The van der Waals surface area contributed by atoms with Gasteiger partial charge in [-0.2, -0.15) is 0 Å². The van der Waals surface area contributed by atoms with Crippen LogP contribution in [0, 0.1) is 5.82 Å². The van der Waals surface area contributed by atoms with Crippen LogP contribution in [-0.4, -0.2) is 17.5 Å². The number of hydrogen-bond acceptors (Lipinski definition) is 2. The molecule has 0 amide bonds. The molecule has 0 aliphatic carbocycles. The minimum Gasteiger partial charge on any atom is -0.399 e. The number of hydrogen-bond donors (Lipinski definition) is 1. The fourth-order valence-corrected chi connectivity index (χ4v) is 2.23. The highest BCUT2D eigenvalue weighted by Crippen LogP contribution is 2.20. The van der Waals surface area contributed by atoms with Crippen LogP contribution in [0.4, 0.5) is 10.1 Å². The Balaban J connectivity index is 2.10. The van der Waals surface area contributed by atoms with E-state index in [-0.39, 0.29) is 5.82 Å². The fourth-order valence-electron chi connectivity index (χ4n) is 2.23. The summed E-state index contributed by atoms with van der Waals surface area (Å²) in [5, 5.41) is 0. The van der Waals surface area contributed by atoms with Crippen molar-refractivity contribution in [3.8, 4) is 0 Å². The van der Waals surface area contributed by atoms with E-state index < -0.39 is 0 Å². The van der Waals surface area contributed by atoms with Crippen LogP contribution in [0.1, 0.15) is 25.3 Å². The molecule has 3 heteroatoms. The Morgan fingerprint density at radius 1 is 1.47 bits per heavy atom. The molecule has 2 N–H and O–H groups in total. The molecule has 1 aromatic rings. The van der Waals surface area contributed by atoms with E-state index in [0.29, 0.717) is 11.7 Å². The van der Waals surface area contributed by atoms with Crippen LogP contribution in [0.25, 0.3) is 0 Å².